The van der Waals surface area contributed by atoms with Crippen molar-refractivity contribution in [2.45, 2.75) is 108 Å². The maximum atomic E-state index is 13.6. The summed E-state index contributed by atoms with van der Waals surface area (Å²) in [5.41, 5.74) is 9.95. The highest BCUT2D eigenvalue weighted by Crippen LogP contribution is 2.36. The number of imide groups is 2. The summed E-state index contributed by atoms with van der Waals surface area (Å²) in [5.74, 6) is 0.115. The second kappa shape index (κ2) is 23.5. The molecule has 2 aromatic heterocycles. The van der Waals surface area contributed by atoms with Crippen LogP contribution in [0, 0.1) is 0 Å². The summed E-state index contributed by atoms with van der Waals surface area (Å²) in [4.78, 5) is 81.1. The number of hydrogen-bond acceptors (Lipinski definition) is 13. The monoisotopic (exact) mass is 966 g/mol. The second-order valence-electron chi connectivity index (χ2n) is 19.4. The number of fused-ring (bicyclic) bond motifs is 2. The van der Waals surface area contributed by atoms with Crippen LogP contribution in [0.2, 0.25) is 0 Å². The van der Waals surface area contributed by atoms with Crippen molar-refractivity contribution in [1.82, 2.24) is 44.7 Å². The van der Waals surface area contributed by atoms with Crippen LogP contribution in [0.3, 0.4) is 0 Å². The van der Waals surface area contributed by atoms with Crippen LogP contribution in [0.15, 0.2) is 79.1 Å². The number of nitrogen functional groups attached to an aromatic ring is 1. The zero-order valence-electron chi connectivity index (χ0n) is 40.7. The lowest BCUT2D eigenvalue weighted by atomic mass is 10.0. The van der Waals surface area contributed by atoms with Crippen LogP contribution in [0.4, 0.5) is 11.5 Å². The molecule has 5 amide bonds. The topological polar surface area (TPSA) is 201 Å². The van der Waals surface area contributed by atoms with Gasteiger partial charge in [-0.1, -0.05) is 69.2 Å². The average Bonchev–Trinajstić information content (AvgIpc) is 3.90. The molecule has 374 valence electrons. The Morgan fingerprint density at radius 1 is 0.732 bits per heavy atom. The van der Waals surface area contributed by atoms with Crippen LogP contribution in [0.1, 0.15) is 123 Å². The molecule has 0 radical (unpaired) electrons. The molecule has 9 rings (SSSR count). The molecule has 0 spiro atoms. The molecule has 1 unspecified atom stereocenters. The first-order chi connectivity index (χ1) is 34.7. The number of likely N-dealkylation sites (tertiary alicyclic amines) is 1. The van der Waals surface area contributed by atoms with E-state index in [9.17, 15) is 24.0 Å². The zero-order valence-corrected chi connectivity index (χ0v) is 40.7. The van der Waals surface area contributed by atoms with Crippen molar-refractivity contribution >= 4 is 52.1 Å². The molecule has 0 aliphatic carbocycles. The third-order valence-corrected chi connectivity index (χ3v) is 14.5. The van der Waals surface area contributed by atoms with Crippen LogP contribution >= 0.6 is 0 Å². The van der Waals surface area contributed by atoms with Gasteiger partial charge in [0, 0.05) is 69.9 Å². The van der Waals surface area contributed by atoms with Gasteiger partial charge < -0.3 is 30.5 Å². The number of anilines is 2. The molecule has 3 fully saturated rings. The van der Waals surface area contributed by atoms with Gasteiger partial charge >= 0.3 is 0 Å². The minimum atomic E-state index is -0.968. The zero-order chi connectivity index (χ0) is 49.1. The molecule has 4 N–H and O–H groups in total. The molecular formula is C54H67N11O6. The molecule has 17 heteroatoms. The van der Waals surface area contributed by atoms with Crippen molar-refractivity contribution < 1.29 is 28.7 Å². The number of carbonyl (C=O) groups excluding carboxylic acids is 5. The van der Waals surface area contributed by atoms with E-state index >= 15 is 0 Å². The van der Waals surface area contributed by atoms with Crippen LogP contribution in [-0.4, -0.2) is 134 Å². The average molecular weight is 966 g/mol. The minimum Gasteiger partial charge on any atom is -0.457 e. The number of ether oxygens (including phenoxy) is 1. The van der Waals surface area contributed by atoms with Gasteiger partial charge in [0.1, 0.15) is 35.4 Å². The number of nitrogens with zero attached hydrogens (tertiary/aromatic N) is 8. The Labute approximate surface area is 415 Å². The van der Waals surface area contributed by atoms with E-state index in [1.54, 1.807) is 18.2 Å². The number of rotatable bonds is 22. The molecule has 4 aliphatic heterocycles. The summed E-state index contributed by atoms with van der Waals surface area (Å²) in [6.07, 6.45) is 15.6. The van der Waals surface area contributed by atoms with Crippen molar-refractivity contribution in [3.8, 4) is 22.8 Å². The first kappa shape index (κ1) is 49.3. The maximum absolute atomic E-state index is 13.6. The number of aromatic nitrogens is 4. The number of nitrogens with two attached hydrogens (primary N) is 1. The Kier molecular flexibility index (Phi) is 16.3. The molecule has 0 saturated carbocycles. The number of para-hydroxylation sites is 1. The van der Waals surface area contributed by atoms with E-state index in [0.29, 0.717) is 47.8 Å². The van der Waals surface area contributed by atoms with E-state index in [1.165, 1.54) is 44.9 Å². The van der Waals surface area contributed by atoms with E-state index in [1.807, 2.05) is 64.2 Å². The van der Waals surface area contributed by atoms with Gasteiger partial charge in [-0.2, -0.15) is 5.10 Å². The summed E-state index contributed by atoms with van der Waals surface area (Å²) >= 11 is 0. The lowest BCUT2D eigenvalue weighted by Crippen LogP contribution is -2.54. The van der Waals surface area contributed by atoms with E-state index in [-0.39, 0.29) is 30.7 Å². The van der Waals surface area contributed by atoms with E-state index in [2.05, 4.69) is 30.4 Å². The standard InChI is InChI=1S/C54H67N11O6/c55-50-48-49(38-22-24-41(25-23-38)71-40-17-9-8-10-18-40)60-65(51(48)58-37-57-50)39-16-14-31-63(36-39)46(67)21-15-30-62-34-32-61(33-35-62)29-12-7-5-3-1-2-4-6-11-28-56-43-20-13-19-42-47(43)54(70)64(53(42)69)44-26-27-45(66)59-52(44)68/h8-10,13,17-20,22-25,37,39,44,56H,1-7,11-12,14-16,21,26-36H2,(H2,55,57,58)(H,59,66,68)/t39-,44?/m1/s1. The van der Waals surface area contributed by atoms with Gasteiger partial charge in [-0.05, 0) is 100 Å². The fraction of sp³-hybridized carbons (Fsp3) is 0.481. The Morgan fingerprint density at radius 3 is 2.15 bits per heavy atom. The summed E-state index contributed by atoms with van der Waals surface area (Å²) in [6, 6.07) is 21.7. The SMILES string of the molecule is Nc1ncnc2c1c(-c1ccc(Oc3ccccc3)cc1)nn2[C@@H]1CCCN(C(=O)CCCN2CCN(CCCCCCCCCCCNc3cccc4c3C(=O)N(C3CCC(=O)NC3=O)C4=O)CC2)C1. The molecule has 3 saturated heterocycles. The van der Waals surface area contributed by atoms with Crippen molar-refractivity contribution in [2.75, 3.05) is 70.0 Å². The van der Waals surface area contributed by atoms with E-state index in [0.717, 1.165) is 117 Å². The third-order valence-electron chi connectivity index (χ3n) is 14.5. The Morgan fingerprint density at radius 2 is 1.42 bits per heavy atom. The lowest BCUT2D eigenvalue weighted by molar-refractivity contribution is -0.136. The number of piperazine rings is 1. The number of amides is 5. The van der Waals surface area contributed by atoms with Crippen LogP contribution in [0.25, 0.3) is 22.3 Å². The first-order valence-corrected chi connectivity index (χ1v) is 25.8. The van der Waals surface area contributed by atoms with Gasteiger partial charge in [0.25, 0.3) is 11.8 Å². The highest BCUT2D eigenvalue weighted by Gasteiger charge is 2.45. The van der Waals surface area contributed by atoms with Crippen molar-refractivity contribution in [1.29, 1.82) is 0 Å². The predicted molar refractivity (Wildman–Crippen MR) is 272 cm³/mol. The molecule has 0 bridgehead atoms. The smallest absolute Gasteiger partial charge is 0.264 e. The minimum absolute atomic E-state index is 0.0157. The van der Waals surface area contributed by atoms with Gasteiger partial charge in [-0.3, -0.25) is 34.2 Å². The normalized spacial score (nSPS) is 18.8. The fourth-order valence-electron chi connectivity index (χ4n) is 10.6. The Balaban J connectivity index is 0.616. The van der Waals surface area contributed by atoms with Crippen LogP contribution in [-0.2, 0) is 14.4 Å². The Hall–Kier alpha value is -6.72. The molecule has 71 heavy (non-hydrogen) atoms. The number of hydrogen-bond donors (Lipinski definition) is 3. The molecule has 6 heterocycles. The predicted octanol–water partition coefficient (Wildman–Crippen LogP) is 7.45. The van der Waals surface area contributed by atoms with Gasteiger partial charge in [-0.25, -0.2) is 14.6 Å². The van der Waals surface area contributed by atoms with Crippen LogP contribution < -0.4 is 21.1 Å². The fourth-order valence-corrected chi connectivity index (χ4v) is 10.6. The third kappa shape index (κ3) is 11.9. The van der Waals surface area contributed by atoms with E-state index < -0.39 is 23.8 Å². The number of unbranched alkanes of at least 4 members (excludes halogenated alkanes) is 8. The van der Waals surface area contributed by atoms with Crippen molar-refractivity contribution in [2.24, 2.45) is 0 Å². The molecule has 4 aliphatic rings. The summed E-state index contributed by atoms with van der Waals surface area (Å²) in [7, 11) is 0. The summed E-state index contributed by atoms with van der Waals surface area (Å²) in [6.45, 7) is 8.39. The molecule has 2 atom stereocenters. The summed E-state index contributed by atoms with van der Waals surface area (Å²) < 4.78 is 7.97. The van der Waals surface area contributed by atoms with Gasteiger partial charge in [0.2, 0.25) is 17.7 Å². The highest BCUT2D eigenvalue weighted by atomic mass is 16.5. The number of carbonyl (C=O) groups is 5. The Bertz CT molecular complexity index is 2670. The number of nitrogens with one attached hydrogen (secondary N) is 2. The quantitative estimate of drug-likeness (QED) is 0.0457. The largest absolute Gasteiger partial charge is 0.457 e. The molecular weight excluding hydrogens is 899 g/mol. The molecule has 17 nitrogen and oxygen atoms in total. The van der Waals surface area contributed by atoms with Gasteiger partial charge in [0.05, 0.1) is 22.6 Å². The highest BCUT2D eigenvalue weighted by molar-refractivity contribution is 6.25. The number of benzene rings is 3. The van der Waals surface area contributed by atoms with Crippen molar-refractivity contribution in [3.63, 3.8) is 0 Å². The lowest BCUT2D eigenvalue weighted by Gasteiger charge is -2.35. The number of piperidine rings is 2. The van der Waals surface area contributed by atoms with Crippen molar-refractivity contribution in [3.05, 3.63) is 90.3 Å². The molecule has 5 aromatic rings. The summed E-state index contributed by atoms with van der Waals surface area (Å²) in [5, 5.41) is 11.4. The maximum Gasteiger partial charge on any atom is 0.264 e. The van der Waals surface area contributed by atoms with Crippen LogP contribution in [0.5, 0.6) is 11.5 Å². The second-order valence-corrected chi connectivity index (χ2v) is 19.4. The van der Waals surface area contributed by atoms with Gasteiger partial charge in [-0.15, -0.1) is 0 Å². The first-order valence-electron chi connectivity index (χ1n) is 25.8. The van der Waals surface area contributed by atoms with Gasteiger partial charge in [0.15, 0.2) is 5.65 Å². The molecule has 3 aromatic carbocycles. The van der Waals surface area contributed by atoms with E-state index in [4.69, 9.17) is 15.6 Å².